The van der Waals surface area contributed by atoms with Crippen LogP contribution < -0.4 is 16.1 Å². The molecule has 0 bridgehead atoms. The molecule has 0 saturated carbocycles. The molecule has 0 fully saturated rings. The fraction of sp³-hybridized carbons (Fsp3) is 0.273. The Hall–Kier alpha value is -3.19. The molecular formula is C22H24FN3O3. The zero-order valence-electron chi connectivity index (χ0n) is 16.1. The topological polar surface area (TPSA) is 67.5 Å². The molecule has 2 aromatic carbocycles. The Morgan fingerprint density at radius 2 is 1.45 bits per heavy atom. The summed E-state index contributed by atoms with van der Waals surface area (Å²) in [6.45, 7) is -0.432. The van der Waals surface area contributed by atoms with E-state index in [1.807, 2.05) is 60.7 Å². The Kier molecular flexibility index (Phi) is 6.97. The van der Waals surface area contributed by atoms with E-state index in [1.165, 1.54) is 15.7 Å². The fourth-order valence-corrected chi connectivity index (χ4v) is 3.23. The number of anilines is 1. The van der Waals surface area contributed by atoms with Crippen molar-refractivity contribution in [1.82, 2.24) is 9.13 Å². The van der Waals surface area contributed by atoms with Crippen LogP contribution in [0.2, 0.25) is 0 Å². The van der Waals surface area contributed by atoms with Gasteiger partial charge in [-0.05, 0) is 11.1 Å². The van der Waals surface area contributed by atoms with Crippen molar-refractivity contribution in [3.05, 3.63) is 98.8 Å². The van der Waals surface area contributed by atoms with Gasteiger partial charge in [0.2, 0.25) is 0 Å². The van der Waals surface area contributed by atoms with E-state index in [1.54, 1.807) is 0 Å². The third kappa shape index (κ3) is 5.00. The van der Waals surface area contributed by atoms with E-state index >= 15 is 0 Å². The highest BCUT2D eigenvalue weighted by atomic mass is 19.1. The van der Waals surface area contributed by atoms with Crippen molar-refractivity contribution in [2.24, 2.45) is 0 Å². The molecule has 0 unspecified atom stereocenters. The molecule has 1 heterocycles. The summed E-state index contributed by atoms with van der Waals surface area (Å²) in [5.74, 6) is 0. The zero-order chi connectivity index (χ0) is 20.6. The van der Waals surface area contributed by atoms with E-state index in [4.69, 9.17) is 0 Å². The van der Waals surface area contributed by atoms with E-state index in [0.29, 0.717) is 0 Å². The largest absolute Gasteiger partial charge is 0.395 e. The lowest BCUT2D eigenvalue weighted by atomic mass is 10.2. The number of aromatic nitrogens is 2. The van der Waals surface area contributed by atoms with Gasteiger partial charge in [0.25, 0.3) is 5.56 Å². The predicted octanol–water partition coefficient (Wildman–Crippen LogP) is 1.87. The Morgan fingerprint density at radius 1 is 0.862 bits per heavy atom. The van der Waals surface area contributed by atoms with Gasteiger partial charge in [0, 0.05) is 19.3 Å². The number of benzene rings is 2. The predicted molar refractivity (Wildman–Crippen MR) is 111 cm³/mol. The van der Waals surface area contributed by atoms with Crippen LogP contribution in [-0.4, -0.2) is 40.6 Å². The maximum atomic E-state index is 13.1. The van der Waals surface area contributed by atoms with Gasteiger partial charge in [0.1, 0.15) is 12.4 Å². The van der Waals surface area contributed by atoms with Crippen LogP contribution in [-0.2, 0) is 13.1 Å². The molecule has 0 aliphatic carbocycles. The van der Waals surface area contributed by atoms with Crippen LogP contribution in [0.5, 0.6) is 0 Å². The first-order chi connectivity index (χ1) is 14.1. The lowest BCUT2D eigenvalue weighted by molar-refractivity contribution is 0.300. The number of rotatable bonds is 9. The van der Waals surface area contributed by atoms with Gasteiger partial charge in [0.05, 0.1) is 19.7 Å². The lowest BCUT2D eigenvalue weighted by Gasteiger charge is -2.24. The van der Waals surface area contributed by atoms with Gasteiger partial charge in [0.15, 0.2) is 0 Å². The highest BCUT2D eigenvalue weighted by molar-refractivity contribution is 5.42. The third-order valence-corrected chi connectivity index (χ3v) is 4.66. The fourth-order valence-electron chi connectivity index (χ4n) is 3.23. The van der Waals surface area contributed by atoms with Crippen LogP contribution in [0.3, 0.4) is 0 Å². The van der Waals surface area contributed by atoms with Crippen molar-refractivity contribution < 1.29 is 9.50 Å². The highest BCUT2D eigenvalue weighted by Gasteiger charge is 2.17. The molecule has 1 N–H and O–H groups in total. The molecule has 0 saturated heterocycles. The van der Waals surface area contributed by atoms with Crippen molar-refractivity contribution >= 4 is 5.69 Å². The lowest BCUT2D eigenvalue weighted by Crippen LogP contribution is -2.44. The number of aliphatic hydroxyl groups is 1. The maximum Gasteiger partial charge on any atom is 0.331 e. The van der Waals surface area contributed by atoms with Gasteiger partial charge in [-0.3, -0.25) is 13.9 Å². The average molecular weight is 397 g/mol. The Morgan fingerprint density at radius 3 is 2.00 bits per heavy atom. The van der Waals surface area contributed by atoms with E-state index in [-0.39, 0.29) is 38.5 Å². The first kappa shape index (κ1) is 20.5. The molecule has 3 aromatic rings. The second-order valence-corrected chi connectivity index (χ2v) is 6.69. The van der Waals surface area contributed by atoms with Gasteiger partial charge in [-0.1, -0.05) is 60.7 Å². The third-order valence-electron chi connectivity index (χ3n) is 4.66. The number of hydrogen-bond donors (Lipinski definition) is 1. The van der Waals surface area contributed by atoms with E-state index in [2.05, 4.69) is 0 Å². The first-order valence-electron chi connectivity index (χ1n) is 9.48. The Bertz CT molecular complexity index is 1030. The molecular weight excluding hydrogens is 373 g/mol. The quantitative estimate of drug-likeness (QED) is 0.599. The monoisotopic (exact) mass is 397 g/mol. The van der Waals surface area contributed by atoms with Gasteiger partial charge in [-0.25, -0.2) is 9.18 Å². The minimum atomic E-state index is -0.671. The van der Waals surface area contributed by atoms with Crippen LogP contribution in [0.25, 0.3) is 0 Å². The number of alkyl halides is 1. The second kappa shape index (κ2) is 9.84. The Labute approximate surface area is 168 Å². The summed E-state index contributed by atoms with van der Waals surface area (Å²) < 4.78 is 15.7. The van der Waals surface area contributed by atoms with Crippen molar-refractivity contribution in [2.75, 3.05) is 31.3 Å². The molecule has 0 aliphatic rings. The van der Waals surface area contributed by atoms with Crippen LogP contribution in [0.1, 0.15) is 11.1 Å². The van der Waals surface area contributed by atoms with Gasteiger partial charge >= 0.3 is 5.69 Å². The van der Waals surface area contributed by atoms with E-state index < -0.39 is 17.9 Å². The molecule has 0 aliphatic heterocycles. The summed E-state index contributed by atoms with van der Waals surface area (Å²) in [5.41, 5.74) is 0.989. The van der Waals surface area contributed by atoms with Crippen LogP contribution in [0.15, 0.2) is 76.4 Å². The summed E-state index contributed by atoms with van der Waals surface area (Å²) in [7, 11) is 0. The molecule has 6 nitrogen and oxygen atoms in total. The molecule has 0 spiro atoms. The molecule has 29 heavy (non-hydrogen) atoms. The van der Waals surface area contributed by atoms with Crippen LogP contribution in [0, 0.1) is 0 Å². The van der Waals surface area contributed by atoms with Crippen molar-refractivity contribution in [2.45, 2.75) is 13.1 Å². The number of aliphatic hydroxyl groups excluding tert-OH is 1. The second-order valence-electron chi connectivity index (χ2n) is 6.69. The molecule has 1 aromatic heterocycles. The molecule has 0 atom stereocenters. The average Bonchev–Trinajstić information content (AvgIpc) is 2.74. The number of nitrogens with zero attached hydrogens (tertiary/aromatic N) is 3. The smallest absolute Gasteiger partial charge is 0.331 e. The molecule has 7 heteroatoms. The van der Waals surface area contributed by atoms with E-state index in [0.717, 1.165) is 15.7 Å². The van der Waals surface area contributed by atoms with Gasteiger partial charge < -0.3 is 10.0 Å². The summed E-state index contributed by atoms with van der Waals surface area (Å²) >= 11 is 0. The number of hydrogen-bond acceptors (Lipinski definition) is 4. The standard InChI is InChI=1S/C22H24FN3O3/c23-11-12-24(13-14-27)20-17-25(15-18-7-3-1-4-8-18)22(29)26(21(20)28)16-19-9-5-2-6-10-19/h1-10,17,27H,11-16H2. The van der Waals surface area contributed by atoms with Crippen molar-refractivity contribution in [3.63, 3.8) is 0 Å². The van der Waals surface area contributed by atoms with E-state index in [9.17, 15) is 19.1 Å². The van der Waals surface area contributed by atoms with Crippen LogP contribution >= 0.6 is 0 Å². The molecule has 3 rings (SSSR count). The molecule has 0 radical (unpaired) electrons. The summed E-state index contributed by atoms with van der Waals surface area (Å²) in [5, 5.41) is 9.34. The SMILES string of the molecule is O=c1c(N(CCO)CCF)cn(Cc2ccccc2)c(=O)n1Cc1ccccc1. The van der Waals surface area contributed by atoms with Gasteiger partial charge in [-0.15, -0.1) is 0 Å². The summed E-state index contributed by atoms with van der Waals surface area (Å²) in [4.78, 5) is 27.6. The number of halogens is 1. The molecule has 152 valence electrons. The minimum Gasteiger partial charge on any atom is -0.395 e. The highest BCUT2D eigenvalue weighted by Crippen LogP contribution is 2.09. The Balaban J connectivity index is 2.12. The zero-order valence-corrected chi connectivity index (χ0v) is 16.1. The maximum absolute atomic E-state index is 13.1. The molecule has 0 amide bonds. The summed E-state index contributed by atoms with van der Waals surface area (Å²) in [6, 6.07) is 18.7. The summed E-state index contributed by atoms with van der Waals surface area (Å²) in [6.07, 6.45) is 1.46. The van der Waals surface area contributed by atoms with Crippen molar-refractivity contribution in [3.8, 4) is 0 Å². The van der Waals surface area contributed by atoms with Gasteiger partial charge in [-0.2, -0.15) is 0 Å². The first-order valence-corrected chi connectivity index (χ1v) is 9.48. The van der Waals surface area contributed by atoms with Crippen LogP contribution in [0.4, 0.5) is 10.1 Å². The minimum absolute atomic E-state index is 0.0370. The normalized spacial score (nSPS) is 10.8. The van der Waals surface area contributed by atoms with Crippen molar-refractivity contribution in [1.29, 1.82) is 0 Å².